The summed E-state index contributed by atoms with van der Waals surface area (Å²) >= 11 is 6.07. The first kappa shape index (κ1) is 19.5. The summed E-state index contributed by atoms with van der Waals surface area (Å²) in [5, 5.41) is 13.7. The van der Waals surface area contributed by atoms with Crippen LogP contribution in [0.1, 0.15) is 24.4 Å². The van der Waals surface area contributed by atoms with Gasteiger partial charge in [-0.1, -0.05) is 17.7 Å². The fraction of sp³-hybridized carbons (Fsp3) is 0.350. The van der Waals surface area contributed by atoms with E-state index in [0.717, 1.165) is 36.4 Å². The van der Waals surface area contributed by atoms with Crippen LogP contribution in [0.15, 0.2) is 36.4 Å². The molecular weight excluding hydrogens is 398 g/mol. The Balaban J connectivity index is 1.43. The number of nitrogens with zero attached hydrogens (tertiary/aromatic N) is 2. The maximum Gasteiger partial charge on any atom is 0.271 e. The van der Waals surface area contributed by atoms with E-state index in [-0.39, 0.29) is 29.2 Å². The highest BCUT2D eigenvalue weighted by molar-refractivity contribution is 6.34. The van der Waals surface area contributed by atoms with Crippen molar-refractivity contribution >= 4 is 28.9 Å². The minimum Gasteiger partial charge on any atom is -0.486 e. The molecule has 152 valence electrons. The van der Waals surface area contributed by atoms with E-state index in [2.05, 4.69) is 10.2 Å². The van der Waals surface area contributed by atoms with Crippen molar-refractivity contribution in [3.63, 3.8) is 0 Å². The van der Waals surface area contributed by atoms with Gasteiger partial charge in [-0.05, 0) is 43.1 Å². The first-order valence-corrected chi connectivity index (χ1v) is 9.76. The molecule has 8 nitrogen and oxygen atoms in total. The maximum atomic E-state index is 12.6. The van der Waals surface area contributed by atoms with E-state index in [1.165, 1.54) is 18.2 Å². The Morgan fingerprint density at radius 3 is 2.76 bits per heavy atom. The molecule has 0 saturated carbocycles. The van der Waals surface area contributed by atoms with Gasteiger partial charge in [-0.3, -0.25) is 19.8 Å². The van der Waals surface area contributed by atoms with Gasteiger partial charge in [-0.2, -0.15) is 0 Å². The molecule has 2 heterocycles. The Kier molecular flexibility index (Phi) is 5.55. The van der Waals surface area contributed by atoms with E-state index in [0.29, 0.717) is 18.9 Å². The molecule has 0 bridgehead atoms. The van der Waals surface area contributed by atoms with Crippen LogP contribution >= 0.6 is 11.6 Å². The third kappa shape index (κ3) is 4.28. The third-order valence-corrected chi connectivity index (χ3v) is 5.41. The monoisotopic (exact) mass is 417 g/mol. The largest absolute Gasteiger partial charge is 0.486 e. The molecule has 4 rings (SSSR count). The van der Waals surface area contributed by atoms with Crippen molar-refractivity contribution in [3.8, 4) is 11.5 Å². The SMILES string of the molecule is O=C(CN1CCC[C@H]1c1ccc2c(c1)OCCO2)Nc1ccc([N+](=O)[O-])cc1Cl. The van der Waals surface area contributed by atoms with Crippen molar-refractivity contribution in [2.24, 2.45) is 0 Å². The summed E-state index contributed by atoms with van der Waals surface area (Å²) in [4.78, 5) is 25.0. The van der Waals surface area contributed by atoms with Crippen molar-refractivity contribution in [1.82, 2.24) is 4.90 Å². The number of carbonyl (C=O) groups excluding carboxylic acids is 1. The van der Waals surface area contributed by atoms with Gasteiger partial charge >= 0.3 is 0 Å². The van der Waals surface area contributed by atoms with E-state index >= 15 is 0 Å². The average molecular weight is 418 g/mol. The lowest BCUT2D eigenvalue weighted by Gasteiger charge is -2.26. The zero-order valence-corrected chi connectivity index (χ0v) is 16.4. The third-order valence-electron chi connectivity index (χ3n) is 5.10. The molecule has 1 atom stereocenters. The second-order valence-corrected chi connectivity index (χ2v) is 7.41. The molecule has 29 heavy (non-hydrogen) atoms. The molecule has 2 aromatic rings. The summed E-state index contributed by atoms with van der Waals surface area (Å²) in [5.41, 5.74) is 1.33. The number of hydrogen-bond donors (Lipinski definition) is 1. The summed E-state index contributed by atoms with van der Waals surface area (Å²) in [6, 6.07) is 10.0. The van der Waals surface area contributed by atoms with E-state index in [1.807, 2.05) is 18.2 Å². The van der Waals surface area contributed by atoms with Gasteiger partial charge in [0.15, 0.2) is 11.5 Å². The van der Waals surface area contributed by atoms with Crippen LogP contribution in [0.25, 0.3) is 0 Å². The van der Waals surface area contributed by atoms with Crippen LogP contribution in [0.2, 0.25) is 5.02 Å². The first-order valence-electron chi connectivity index (χ1n) is 9.38. The standard InChI is InChI=1S/C20H20ClN3O5/c21-15-11-14(24(26)27)4-5-16(15)22-20(25)12-23-7-1-2-17(23)13-3-6-18-19(10-13)29-9-8-28-18/h3-6,10-11,17H,1-2,7-9,12H2,(H,22,25)/t17-/m0/s1. The number of carbonyl (C=O) groups is 1. The van der Waals surface area contributed by atoms with Crippen molar-refractivity contribution in [3.05, 3.63) is 57.1 Å². The summed E-state index contributed by atoms with van der Waals surface area (Å²) in [6.45, 7) is 2.09. The van der Waals surface area contributed by atoms with Crippen LogP contribution in [0.4, 0.5) is 11.4 Å². The van der Waals surface area contributed by atoms with Crippen LogP contribution < -0.4 is 14.8 Å². The normalized spacial score (nSPS) is 18.4. The minimum atomic E-state index is -0.528. The Labute approximate surface area is 172 Å². The van der Waals surface area contributed by atoms with Crippen LogP contribution in [-0.2, 0) is 4.79 Å². The Morgan fingerprint density at radius 2 is 2.00 bits per heavy atom. The van der Waals surface area contributed by atoms with Gasteiger partial charge in [0.1, 0.15) is 13.2 Å². The number of fused-ring (bicyclic) bond motifs is 1. The van der Waals surface area contributed by atoms with Gasteiger partial charge in [-0.25, -0.2) is 0 Å². The number of hydrogen-bond acceptors (Lipinski definition) is 6. The number of rotatable bonds is 5. The number of amides is 1. The van der Waals surface area contributed by atoms with Gasteiger partial charge < -0.3 is 14.8 Å². The topological polar surface area (TPSA) is 93.9 Å². The van der Waals surface area contributed by atoms with Gasteiger partial charge in [-0.15, -0.1) is 0 Å². The summed E-state index contributed by atoms with van der Waals surface area (Å²) in [7, 11) is 0. The number of benzene rings is 2. The Hall–Kier alpha value is -2.84. The Bertz CT molecular complexity index is 952. The van der Waals surface area contributed by atoms with Crippen LogP contribution in [0, 0.1) is 10.1 Å². The molecule has 0 unspecified atom stereocenters. The number of likely N-dealkylation sites (tertiary alicyclic amines) is 1. The molecule has 1 amide bonds. The van der Waals surface area contributed by atoms with E-state index < -0.39 is 4.92 Å². The highest BCUT2D eigenvalue weighted by Gasteiger charge is 2.29. The van der Waals surface area contributed by atoms with Crippen molar-refractivity contribution < 1.29 is 19.2 Å². The van der Waals surface area contributed by atoms with Gasteiger partial charge in [0.2, 0.25) is 5.91 Å². The predicted molar refractivity (Wildman–Crippen MR) is 108 cm³/mol. The lowest BCUT2D eigenvalue weighted by atomic mass is 10.0. The smallest absolute Gasteiger partial charge is 0.271 e. The summed E-state index contributed by atoms with van der Waals surface area (Å²) in [6.07, 6.45) is 1.94. The zero-order valence-electron chi connectivity index (χ0n) is 15.6. The molecule has 0 spiro atoms. The Morgan fingerprint density at radius 1 is 1.21 bits per heavy atom. The van der Waals surface area contributed by atoms with Crippen LogP contribution in [0.3, 0.4) is 0 Å². The van der Waals surface area contributed by atoms with E-state index in [4.69, 9.17) is 21.1 Å². The molecule has 0 radical (unpaired) electrons. The first-order chi connectivity index (χ1) is 14.0. The molecule has 1 saturated heterocycles. The average Bonchev–Trinajstić information content (AvgIpc) is 3.17. The molecule has 9 heteroatoms. The highest BCUT2D eigenvalue weighted by Crippen LogP contribution is 2.38. The fourth-order valence-electron chi connectivity index (χ4n) is 3.75. The number of nitrogens with one attached hydrogen (secondary N) is 1. The molecule has 2 aromatic carbocycles. The fourth-order valence-corrected chi connectivity index (χ4v) is 3.98. The molecule has 0 aromatic heterocycles. The number of halogens is 1. The second kappa shape index (κ2) is 8.26. The van der Waals surface area contributed by atoms with E-state index in [1.54, 1.807) is 0 Å². The predicted octanol–water partition coefficient (Wildman–Crippen LogP) is 3.80. The van der Waals surface area contributed by atoms with Crippen molar-refractivity contribution in [2.75, 3.05) is 31.6 Å². The zero-order chi connectivity index (χ0) is 20.4. The molecular formula is C20H20ClN3O5. The van der Waals surface area contributed by atoms with Gasteiger partial charge in [0, 0.05) is 18.2 Å². The maximum absolute atomic E-state index is 12.6. The molecule has 1 N–H and O–H groups in total. The van der Waals surface area contributed by atoms with Crippen LogP contribution in [0.5, 0.6) is 11.5 Å². The van der Waals surface area contributed by atoms with Crippen molar-refractivity contribution in [1.29, 1.82) is 0 Å². The van der Waals surface area contributed by atoms with E-state index in [9.17, 15) is 14.9 Å². The molecule has 2 aliphatic heterocycles. The quantitative estimate of drug-likeness (QED) is 0.587. The van der Waals surface area contributed by atoms with Gasteiger partial charge in [0.05, 0.1) is 22.2 Å². The summed E-state index contributed by atoms with van der Waals surface area (Å²) in [5.74, 6) is 1.27. The molecule has 1 fully saturated rings. The lowest BCUT2D eigenvalue weighted by molar-refractivity contribution is -0.384. The minimum absolute atomic E-state index is 0.115. The summed E-state index contributed by atoms with van der Waals surface area (Å²) < 4.78 is 11.2. The van der Waals surface area contributed by atoms with Crippen LogP contribution in [-0.4, -0.2) is 42.0 Å². The molecule has 0 aliphatic carbocycles. The number of anilines is 1. The lowest BCUT2D eigenvalue weighted by Crippen LogP contribution is -2.33. The number of nitro benzene ring substituents is 1. The number of nitro groups is 1. The highest BCUT2D eigenvalue weighted by atomic mass is 35.5. The van der Waals surface area contributed by atoms with Gasteiger partial charge in [0.25, 0.3) is 5.69 Å². The molecule has 2 aliphatic rings. The second-order valence-electron chi connectivity index (χ2n) is 7.00. The number of non-ortho nitro benzene ring substituents is 1. The van der Waals surface area contributed by atoms with Crippen molar-refractivity contribution in [2.45, 2.75) is 18.9 Å². The number of ether oxygens (including phenoxy) is 2.